The largest absolute Gasteiger partial charge is 0.436 e. The maximum absolute atomic E-state index is 6.87. The molecule has 3 aliphatic rings. The Morgan fingerprint density at radius 1 is 0.333 bits per heavy atom. The Balaban J connectivity index is 1.30. The average molecular weight is 817 g/mol. The number of anilines is 9. The molecule has 306 valence electrons. The van der Waals surface area contributed by atoms with Gasteiger partial charge in [-0.2, -0.15) is 0 Å². The Hall–Kier alpha value is -7.37. The number of fused-ring (bicyclic) bond motifs is 7. The van der Waals surface area contributed by atoms with Gasteiger partial charge >= 0.3 is 0 Å². The van der Waals surface area contributed by atoms with E-state index in [4.69, 9.17) is 9.40 Å². The van der Waals surface area contributed by atoms with Gasteiger partial charge in [-0.25, -0.2) is 4.98 Å². The van der Waals surface area contributed by atoms with Crippen molar-refractivity contribution < 1.29 is 4.42 Å². The Morgan fingerprint density at radius 3 is 1.06 bits per heavy atom. The molecule has 5 heteroatoms. The predicted molar refractivity (Wildman–Crippen MR) is 260 cm³/mol. The summed E-state index contributed by atoms with van der Waals surface area (Å²) in [5.74, 6) is 0.568. The summed E-state index contributed by atoms with van der Waals surface area (Å²) in [4.78, 5) is 12.9. The summed E-state index contributed by atoms with van der Waals surface area (Å²) >= 11 is 0. The number of hydrogen-bond donors (Lipinski definition) is 0. The van der Waals surface area contributed by atoms with E-state index in [1.54, 1.807) is 0 Å². The average Bonchev–Trinajstić information content (AvgIpc) is 3.74. The first-order valence-electron chi connectivity index (χ1n) is 22.1. The van der Waals surface area contributed by atoms with Gasteiger partial charge in [0.15, 0.2) is 5.58 Å². The van der Waals surface area contributed by atoms with Crippen LogP contribution >= 0.6 is 0 Å². The molecule has 0 radical (unpaired) electrons. The van der Waals surface area contributed by atoms with Crippen molar-refractivity contribution in [3.63, 3.8) is 0 Å². The van der Waals surface area contributed by atoms with Crippen molar-refractivity contribution in [3.8, 4) is 11.5 Å². The lowest BCUT2D eigenvalue weighted by Gasteiger charge is -2.48. The first-order chi connectivity index (χ1) is 30.6. The molecule has 0 amide bonds. The number of nitrogens with zero attached hydrogens (tertiary/aromatic N) is 4. The molecule has 0 fully saturated rings. The highest BCUT2D eigenvalue weighted by Gasteiger charge is 2.45. The molecule has 9 aromatic rings. The first kappa shape index (κ1) is 37.4. The van der Waals surface area contributed by atoms with Crippen molar-refractivity contribution in [2.45, 2.75) is 57.8 Å². The topological polar surface area (TPSA) is 35.8 Å². The van der Waals surface area contributed by atoms with Crippen LogP contribution in [0.4, 0.5) is 51.2 Å². The van der Waals surface area contributed by atoms with Crippen LogP contribution in [0.25, 0.3) is 22.6 Å². The third-order valence-electron chi connectivity index (χ3n) is 14.3. The van der Waals surface area contributed by atoms with Gasteiger partial charge in [0.25, 0.3) is 0 Å². The lowest BCUT2D eigenvalue weighted by molar-refractivity contribution is 0.619. The zero-order valence-corrected chi connectivity index (χ0v) is 36.5. The Morgan fingerprint density at radius 2 is 0.667 bits per heavy atom. The van der Waals surface area contributed by atoms with Gasteiger partial charge in [0.2, 0.25) is 5.89 Å². The van der Waals surface area contributed by atoms with Crippen molar-refractivity contribution in [3.05, 3.63) is 215 Å². The molecule has 8 aromatic carbocycles. The van der Waals surface area contributed by atoms with Crippen molar-refractivity contribution >= 4 is 62.3 Å². The van der Waals surface area contributed by atoms with E-state index in [2.05, 4.69) is 214 Å². The van der Waals surface area contributed by atoms with Crippen LogP contribution in [0.2, 0.25) is 0 Å². The number of hydrogen-bond acceptors (Lipinski definition) is 5. The molecule has 0 saturated heterocycles. The van der Waals surface area contributed by atoms with Crippen LogP contribution in [0.15, 0.2) is 186 Å². The number of oxazole rings is 1. The molecular formula is C58H48N4O. The minimum absolute atomic E-state index is 0.241. The minimum atomic E-state index is -0.274. The van der Waals surface area contributed by atoms with Crippen molar-refractivity contribution in [1.82, 2.24) is 4.98 Å². The Labute approximate surface area is 369 Å². The molecule has 4 heterocycles. The Kier molecular flexibility index (Phi) is 7.90. The van der Waals surface area contributed by atoms with Crippen LogP contribution in [-0.4, -0.2) is 4.98 Å². The second-order valence-electron chi connectivity index (χ2n) is 18.8. The van der Waals surface area contributed by atoms with Crippen LogP contribution in [-0.2, 0) is 16.2 Å². The monoisotopic (exact) mass is 816 g/mol. The van der Waals surface area contributed by atoms with E-state index in [0.29, 0.717) is 5.89 Å². The molecule has 0 bridgehead atoms. The van der Waals surface area contributed by atoms with Gasteiger partial charge < -0.3 is 19.1 Å². The highest BCUT2D eigenvalue weighted by molar-refractivity contribution is 6.09. The summed E-state index contributed by atoms with van der Waals surface area (Å²) in [5.41, 5.74) is 19.1. The lowest BCUT2D eigenvalue weighted by atomic mass is 9.72. The first-order valence-corrected chi connectivity index (χ1v) is 22.1. The Bertz CT molecular complexity index is 3140. The second-order valence-corrected chi connectivity index (χ2v) is 18.8. The lowest BCUT2D eigenvalue weighted by Crippen LogP contribution is -2.35. The molecule has 3 aliphatic heterocycles. The molecule has 0 N–H and O–H groups in total. The van der Waals surface area contributed by atoms with E-state index in [-0.39, 0.29) is 16.2 Å². The quantitative estimate of drug-likeness (QED) is 0.177. The SMILES string of the molecule is CC1(C)c2ccccc2N(c2ccc(-c3nc4ccccc4o3)c(N3c4ccccc4C(C)(C)c4ccccc43)c2N2c3ccccc3C(C)(C)c3ccccc32)c2ccccc21. The van der Waals surface area contributed by atoms with Crippen LogP contribution in [0.3, 0.4) is 0 Å². The van der Waals surface area contributed by atoms with Crippen molar-refractivity contribution in [2.24, 2.45) is 0 Å². The van der Waals surface area contributed by atoms with Crippen molar-refractivity contribution in [2.75, 3.05) is 14.7 Å². The standard InChI is InChI=1S/C58H48N4O/c1-56(2)38-21-7-14-28-45(38)60(46-29-15-8-22-39(46)56)51-36-35-37(55-59-44-27-13-20-34-52(44)63-55)53(61-47-30-16-9-23-40(47)57(3,4)41-24-10-17-31-48(41)61)54(51)62-49-32-18-11-25-42(49)58(5,6)43-26-12-19-33-50(43)62/h7-36H,1-6H3. The van der Waals surface area contributed by atoms with E-state index in [1.165, 1.54) is 33.4 Å². The summed E-state index contributed by atoms with van der Waals surface area (Å²) in [6.07, 6.45) is 0. The van der Waals surface area contributed by atoms with Gasteiger partial charge in [0.05, 0.1) is 56.7 Å². The van der Waals surface area contributed by atoms with Gasteiger partial charge in [0, 0.05) is 16.2 Å². The summed E-state index contributed by atoms with van der Waals surface area (Å²) in [6.45, 7) is 14.1. The molecular weight excluding hydrogens is 769 g/mol. The fourth-order valence-electron chi connectivity index (χ4n) is 11.1. The van der Waals surface area contributed by atoms with Crippen LogP contribution in [0, 0.1) is 0 Å². The maximum Gasteiger partial charge on any atom is 0.229 e. The molecule has 0 atom stereocenters. The van der Waals surface area contributed by atoms with E-state index in [0.717, 1.165) is 67.8 Å². The predicted octanol–water partition coefficient (Wildman–Crippen LogP) is 15.8. The zero-order valence-electron chi connectivity index (χ0n) is 36.5. The van der Waals surface area contributed by atoms with Gasteiger partial charge in [-0.1, -0.05) is 163 Å². The highest BCUT2D eigenvalue weighted by Crippen LogP contribution is 2.64. The minimum Gasteiger partial charge on any atom is -0.436 e. The van der Waals surface area contributed by atoms with Crippen LogP contribution in [0.5, 0.6) is 0 Å². The fraction of sp³-hybridized carbons (Fsp3) is 0.155. The fourth-order valence-corrected chi connectivity index (χ4v) is 11.1. The van der Waals surface area contributed by atoms with Gasteiger partial charge in [-0.15, -0.1) is 0 Å². The smallest absolute Gasteiger partial charge is 0.229 e. The molecule has 12 rings (SSSR count). The van der Waals surface area contributed by atoms with Crippen LogP contribution < -0.4 is 14.7 Å². The molecule has 5 nitrogen and oxygen atoms in total. The van der Waals surface area contributed by atoms with Gasteiger partial charge in [0.1, 0.15) is 5.52 Å². The third-order valence-corrected chi connectivity index (χ3v) is 14.3. The zero-order chi connectivity index (χ0) is 42.8. The molecule has 0 aliphatic carbocycles. The van der Waals surface area contributed by atoms with E-state index >= 15 is 0 Å². The summed E-state index contributed by atoms with van der Waals surface area (Å²) in [7, 11) is 0. The van der Waals surface area contributed by atoms with Crippen LogP contribution in [0.1, 0.15) is 74.9 Å². The molecule has 63 heavy (non-hydrogen) atoms. The summed E-state index contributed by atoms with van der Waals surface area (Å²) in [6, 6.07) is 66.4. The normalized spacial score (nSPS) is 16.1. The molecule has 0 spiro atoms. The van der Waals surface area contributed by atoms with E-state index < -0.39 is 0 Å². The number of para-hydroxylation sites is 8. The number of rotatable bonds is 4. The number of aromatic nitrogens is 1. The second kappa shape index (κ2) is 13.3. The highest BCUT2D eigenvalue weighted by atomic mass is 16.3. The maximum atomic E-state index is 6.87. The van der Waals surface area contributed by atoms with E-state index in [1.807, 2.05) is 24.3 Å². The van der Waals surface area contributed by atoms with Gasteiger partial charge in [-0.05, 0) is 94.0 Å². The molecule has 1 aromatic heterocycles. The number of benzene rings is 8. The third kappa shape index (κ3) is 5.20. The summed E-state index contributed by atoms with van der Waals surface area (Å²) < 4.78 is 6.87. The molecule has 0 saturated carbocycles. The summed E-state index contributed by atoms with van der Waals surface area (Å²) in [5, 5.41) is 0. The molecule has 0 unspecified atom stereocenters. The van der Waals surface area contributed by atoms with Gasteiger partial charge in [-0.3, -0.25) is 0 Å². The van der Waals surface area contributed by atoms with E-state index in [9.17, 15) is 0 Å². The van der Waals surface area contributed by atoms with Crippen molar-refractivity contribution in [1.29, 1.82) is 0 Å².